The number of nitrogens with zero attached hydrogens (tertiary/aromatic N) is 4. The van der Waals surface area contributed by atoms with E-state index in [4.69, 9.17) is 0 Å². The minimum atomic E-state index is -4.42. The molecule has 1 aliphatic heterocycles. The number of pyridine rings is 2. The number of piperidine rings is 1. The first-order valence-electron chi connectivity index (χ1n) is 10.3. The lowest BCUT2D eigenvalue weighted by molar-refractivity contribution is -0.137. The van der Waals surface area contributed by atoms with Gasteiger partial charge in [0.1, 0.15) is 16.5 Å². The minimum absolute atomic E-state index is 0.0537. The second kappa shape index (κ2) is 7.84. The third-order valence-corrected chi connectivity index (χ3v) is 6.85. The Bertz CT molecular complexity index is 1130. The van der Waals surface area contributed by atoms with E-state index < -0.39 is 11.7 Å². The zero-order valence-electron chi connectivity index (χ0n) is 17.1. The number of aryl methyl sites for hydroxylation is 1. The fourth-order valence-electron chi connectivity index (χ4n) is 4.64. The molecule has 10 heteroatoms. The van der Waals surface area contributed by atoms with Gasteiger partial charge in [-0.05, 0) is 49.9 Å². The summed E-state index contributed by atoms with van der Waals surface area (Å²) >= 11 is 1.43. The number of likely N-dealkylation sites (tertiary alicyclic amines) is 1. The van der Waals surface area contributed by atoms with Gasteiger partial charge in [-0.3, -0.25) is 4.79 Å². The maximum absolute atomic E-state index is 13.5. The summed E-state index contributed by atoms with van der Waals surface area (Å²) in [7, 11) is 0. The van der Waals surface area contributed by atoms with Crippen molar-refractivity contribution in [3.05, 3.63) is 58.9 Å². The van der Waals surface area contributed by atoms with Gasteiger partial charge in [-0.15, -0.1) is 11.3 Å². The number of amides is 1. The normalized spacial score (nSPS) is 22.4. The molecule has 0 radical (unpaired) electrons. The fourth-order valence-corrected chi connectivity index (χ4v) is 5.28. The van der Waals surface area contributed by atoms with Crippen LogP contribution in [0.2, 0.25) is 0 Å². The molecule has 0 spiro atoms. The van der Waals surface area contributed by atoms with Crippen LogP contribution in [-0.2, 0) is 6.18 Å². The molecule has 32 heavy (non-hydrogen) atoms. The van der Waals surface area contributed by atoms with Crippen LogP contribution in [0.1, 0.15) is 34.5 Å². The van der Waals surface area contributed by atoms with E-state index in [1.165, 1.54) is 17.4 Å². The number of carbonyl (C=O) groups excluding carboxylic acids is 1. The Morgan fingerprint density at radius 1 is 1.19 bits per heavy atom. The largest absolute Gasteiger partial charge is 0.417 e. The molecule has 2 bridgehead atoms. The highest BCUT2D eigenvalue weighted by Crippen LogP contribution is 2.40. The second-order valence-corrected chi connectivity index (χ2v) is 9.12. The van der Waals surface area contributed by atoms with Gasteiger partial charge in [-0.25, -0.2) is 15.0 Å². The molecule has 2 fully saturated rings. The summed E-state index contributed by atoms with van der Waals surface area (Å²) < 4.78 is 38.4. The van der Waals surface area contributed by atoms with E-state index >= 15 is 0 Å². The molecule has 0 aromatic carbocycles. The van der Waals surface area contributed by atoms with Crippen LogP contribution in [0.15, 0.2) is 42.0 Å². The number of hydrogen-bond donors (Lipinski definition) is 1. The van der Waals surface area contributed by atoms with Crippen molar-refractivity contribution in [1.29, 1.82) is 0 Å². The van der Waals surface area contributed by atoms with Crippen LogP contribution >= 0.6 is 11.3 Å². The lowest BCUT2D eigenvalue weighted by atomic mass is 10.0. The number of alkyl halides is 3. The van der Waals surface area contributed by atoms with Crippen molar-refractivity contribution in [3.63, 3.8) is 0 Å². The predicted octanol–water partition coefficient (Wildman–Crippen LogP) is 4.64. The van der Waals surface area contributed by atoms with Crippen LogP contribution in [0.25, 0.3) is 10.7 Å². The Labute approximate surface area is 186 Å². The Hall–Kier alpha value is -3.01. The number of nitrogens with one attached hydrogen (secondary N) is 1. The van der Waals surface area contributed by atoms with Gasteiger partial charge in [0, 0.05) is 36.1 Å². The van der Waals surface area contributed by atoms with Crippen molar-refractivity contribution in [1.82, 2.24) is 19.9 Å². The molecule has 6 nitrogen and oxygen atoms in total. The third-order valence-electron chi connectivity index (χ3n) is 6.07. The molecule has 3 atom stereocenters. The summed E-state index contributed by atoms with van der Waals surface area (Å²) in [4.78, 5) is 28.2. The average molecular weight is 459 g/mol. The molecule has 166 valence electrons. The lowest BCUT2D eigenvalue weighted by Gasteiger charge is -2.34. The van der Waals surface area contributed by atoms with E-state index in [1.807, 2.05) is 23.3 Å². The Morgan fingerprint density at radius 2 is 2.03 bits per heavy atom. The monoisotopic (exact) mass is 459 g/mol. The Kier molecular flexibility index (Phi) is 5.11. The number of thiazole rings is 1. The zero-order chi connectivity index (χ0) is 22.5. The fraction of sp³-hybridized carbons (Fsp3) is 0.364. The van der Waals surface area contributed by atoms with Gasteiger partial charge in [0.2, 0.25) is 0 Å². The van der Waals surface area contributed by atoms with Gasteiger partial charge < -0.3 is 10.2 Å². The van der Waals surface area contributed by atoms with Crippen LogP contribution in [0.5, 0.6) is 0 Å². The van der Waals surface area contributed by atoms with Crippen LogP contribution in [0.3, 0.4) is 0 Å². The summed E-state index contributed by atoms with van der Waals surface area (Å²) in [5, 5.41) is 5.79. The molecule has 1 N–H and O–H groups in total. The van der Waals surface area contributed by atoms with Gasteiger partial charge in [0.25, 0.3) is 5.91 Å². The number of carbonyl (C=O) groups is 1. The van der Waals surface area contributed by atoms with Gasteiger partial charge in [0.15, 0.2) is 0 Å². The number of halogens is 3. The van der Waals surface area contributed by atoms with Gasteiger partial charge in [-0.1, -0.05) is 0 Å². The molecule has 1 amide bonds. The first-order chi connectivity index (χ1) is 15.3. The molecule has 3 aromatic rings. The molecule has 3 aromatic heterocycles. The number of rotatable bonds is 4. The van der Waals surface area contributed by atoms with Crippen molar-refractivity contribution in [2.75, 3.05) is 11.9 Å². The standard InChI is InChI=1S/C22H20F3N5OS/c1-12-2-4-15(19(28-12)20-26-6-7-32-20)21(31)30-11-13-8-16(17(30)9-13)29-18-5-3-14(10-27-18)22(23,24)25/h2-7,10,13,16-17H,8-9,11H2,1H3,(H,27,29). The van der Waals surface area contributed by atoms with Gasteiger partial charge in [0.05, 0.1) is 17.2 Å². The number of anilines is 1. The highest BCUT2D eigenvalue weighted by atomic mass is 32.1. The molecule has 1 saturated heterocycles. The molecular formula is C22H20F3N5OS. The number of hydrogen-bond acceptors (Lipinski definition) is 6. The molecule has 2 aliphatic rings. The van der Waals surface area contributed by atoms with Crippen molar-refractivity contribution >= 4 is 23.1 Å². The van der Waals surface area contributed by atoms with Gasteiger partial charge >= 0.3 is 6.18 Å². The first kappa shape index (κ1) is 20.9. The van der Waals surface area contributed by atoms with Crippen LogP contribution in [0, 0.1) is 12.8 Å². The summed E-state index contributed by atoms with van der Waals surface area (Å²) in [5.74, 6) is 0.628. The second-order valence-electron chi connectivity index (χ2n) is 8.23. The minimum Gasteiger partial charge on any atom is -0.365 e. The molecular weight excluding hydrogens is 439 g/mol. The van der Waals surface area contributed by atoms with E-state index in [2.05, 4.69) is 20.3 Å². The first-order valence-corrected chi connectivity index (χ1v) is 11.2. The molecule has 1 aliphatic carbocycles. The topological polar surface area (TPSA) is 71.0 Å². The molecule has 1 saturated carbocycles. The summed E-state index contributed by atoms with van der Waals surface area (Å²) in [6, 6.07) is 5.86. The van der Waals surface area contributed by atoms with E-state index in [1.54, 1.807) is 12.3 Å². The van der Waals surface area contributed by atoms with Crippen LogP contribution in [-0.4, -0.2) is 44.4 Å². The summed E-state index contributed by atoms with van der Waals surface area (Å²) in [6.45, 7) is 2.54. The van der Waals surface area contributed by atoms with Crippen LogP contribution in [0.4, 0.5) is 19.0 Å². The van der Waals surface area contributed by atoms with E-state index in [-0.39, 0.29) is 18.0 Å². The van der Waals surface area contributed by atoms with Crippen molar-refractivity contribution in [2.24, 2.45) is 5.92 Å². The molecule has 4 heterocycles. The van der Waals surface area contributed by atoms with Crippen LogP contribution < -0.4 is 5.32 Å². The Balaban J connectivity index is 1.36. The molecule has 5 rings (SSSR count). The lowest BCUT2D eigenvalue weighted by Crippen LogP contribution is -2.48. The average Bonchev–Trinajstić information content (AvgIpc) is 3.50. The predicted molar refractivity (Wildman–Crippen MR) is 114 cm³/mol. The maximum atomic E-state index is 13.5. The summed E-state index contributed by atoms with van der Waals surface area (Å²) in [5.41, 5.74) is 1.13. The highest BCUT2D eigenvalue weighted by molar-refractivity contribution is 7.13. The van der Waals surface area contributed by atoms with Gasteiger partial charge in [-0.2, -0.15) is 13.2 Å². The molecule has 3 unspecified atom stereocenters. The smallest absolute Gasteiger partial charge is 0.365 e. The van der Waals surface area contributed by atoms with Crippen molar-refractivity contribution in [2.45, 2.75) is 38.0 Å². The SMILES string of the molecule is Cc1ccc(C(=O)N2CC3CC(Nc4ccc(C(F)(F)F)cn4)C2C3)c(-c2nccs2)n1. The number of fused-ring (bicyclic) bond motifs is 2. The van der Waals surface area contributed by atoms with Crippen molar-refractivity contribution in [3.8, 4) is 10.7 Å². The zero-order valence-corrected chi connectivity index (χ0v) is 18.0. The van der Waals surface area contributed by atoms with E-state index in [9.17, 15) is 18.0 Å². The highest BCUT2D eigenvalue weighted by Gasteiger charge is 2.47. The van der Waals surface area contributed by atoms with E-state index in [0.717, 1.165) is 30.8 Å². The Morgan fingerprint density at radius 3 is 2.69 bits per heavy atom. The van der Waals surface area contributed by atoms with E-state index in [0.29, 0.717) is 34.5 Å². The maximum Gasteiger partial charge on any atom is 0.417 e. The third kappa shape index (κ3) is 3.83. The number of aromatic nitrogens is 3. The quantitative estimate of drug-likeness (QED) is 0.615. The summed E-state index contributed by atoms with van der Waals surface area (Å²) in [6.07, 6.45) is -0.194. The van der Waals surface area contributed by atoms with Crippen molar-refractivity contribution < 1.29 is 18.0 Å².